The Bertz CT molecular complexity index is 413. The van der Waals surface area contributed by atoms with Crippen LogP contribution in [0, 0.1) is 39.4 Å². The molecular weight excluding hydrogens is 198 g/mol. The van der Waals surface area contributed by atoms with Crippen LogP contribution in [0.1, 0.15) is 47.5 Å². The first-order chi connectivity index (χ1) is 7.15. The topological polar surface area (TPSA) is 40.9 Å². The highest BCUT2D eigenvalue weighted by Gasteiger charge is 2.52. The van der Waals surface area contributed by atoms with Crippen LogP contribution in [0.25, 0.3) is 0 Å². The maximum atomic E-state index is 11.7. The van der Waals surface area contributed by atoms with Gasteiger partial charge in [0.25, 0.3) is 0 Å². The van der Waals surface area contributed by atoms with Crippen LogP contribution >= 0.6 is 0 Å². The van der Waals surface area contributed by atoms with Gasteiger partial charge < -0.3 is 0 Å². The smallest absolute Gasteiger partial charge is 0.210 e. The van der Waals surface area contributed by atoms with Gasteiger partial charge in [0.2, 0.25) is 5.78 Å². The molecule has 0 spiro atoms. The summed E-state index contributed by atoms with van der Waals surface area (Å²) in [7, 11) is 0. The number of carbonyl (C=O) groups excluding carboxylic acids is 1. The van der Waals surface area contributed by atoms with E-state index in [4.69, 9.17) is 5.26 Å². The number of nitriles is 1. The van der Waals surface area contributed by atoms with Gasteiger partial charge in [0.05, 0.1) is 11.5 Å². The van der Waals surface area contributed by atoms with Gasteiger partial charge in [-0.2, -0.15) is 5.26 Å². The molecule has 1 rings (SSSR count). The summed E-state index contributed by atoms with van der Waals surface area (Å²) in [4.78, 5) is 11.7. The number of carbonyl (C=O) groups is 1. The molecule has 0 aromatic heterocycles. The summed E-state index contributed by atoms with van der Waals surface area (Å²) < 4.78 is 0. The average molecular weight is 217 g/mol. The highest BCUT2D eigenvalue weighted by molar-refractivity contribution is 5.99. The highest BCUT2D eigenvalue weighted by Crippen LogP contribution is 2.55. The lowest BCUT2D eigenvalue weighted by Gasteiger charge is -2.48. The number of ketones is 1. The Kier molecular flexibility index (Phi) is 2.90. The standard InChI is InChI=1S/C14H19NO/c1-12(2,3)11(16)6-7-13(4)8-9-14(13,5)10-15/h8-9H2,1-5H3/t13-,14-/m1/s1. The number of nitrogens with zero attached hydrogens (tertiary/aromatic N) is 1. The van der Waals surface area contributed by atoms with Crippen molar-refractivity contribution in [3.8, 4) is 17.9 Å². The van der Waals surface area contributed by atoms with Gasteiger partial charge in [-0.25, -0.2) is 0 Å². The van der Waals surface area contributed by atoms with Crippen LogP contribution in [0.3, 0.4) is 0 Å². The SMILES string of the molecule is CC(C)(C)C(=O)C#C[C@]1(C)CC[C@]1(C)C#N. The fourth-order valence-corrected chi connectivity index (χ4v) is 1.64. The van der Waals surface area contributed by atoms with Crippen LogP contribution in [-0.2, 0) is 4.79 Å². The van der Waals surface area contributed by atoms with Gasteiger partial charge >= 0.3 is 0 Å². The van der Waals surface area contributed by atoms with Gasteiger partial charge in [0.15, 0.2) is 0 Å². The van der Waals surface area contributed by atoms with E-state index in [9.17, 15) is 4.79 Å². The third kappa shape index (κ3) is 1.98. The predicted molar refractivity (Wildman–Crippen MR) is 63.3 cm³/mol. The van der Waals surface area contributed by atoms with E-state index in [1.165, 1.54) is 0 Å². The van der Waals surface area contributed by atoms with Crippen molar-refractivity contribution in [2.75, 3.05) is 0 Å². The van der Waals surface area contributed by atoms with Gasteiger partial charge in [-0.3, -0.25) is 4.79 Å². The fourth-order valence-electron chi connectivity index (χ4n) is 1.64. The minimum Gasteiger partial charge on any atom is -0.284 e. The molecule has 0 radical (unpaired) electrons. The first-order valence-electron chi connectivity index (χ1n) is 5.63. The van der Waals surface area contributed by atoms with E-state index >= 15 is 0 Å². The lowest BCUT2D eigenvalue weighted by molar-refractivity contribution is -0.120. The molecule has 1 aliphatic rings. The number of rotatable bonds is 0. The minimum atomic E-state index is -0.420. The maximum Gasteiger partial charge on any atom is 0.210 e. The Morgan fingerprint density at radius 1 is 1.19 bits per heavy atom. The summed E-state index contributed by atoms with van der Waals surface area (Å²) in [5.41, 5.74) is -1.13. The molecule has 16 heavy (non-hydrogen) atoms. The summed E-state index contributed by atoms with van der Waals surface area (Å²) in [6, 6.07) is 2.32. The molecular formula is C14H19NO. The van der Waals surface area contributed by atoms with Gasteiger partial charge in [0.1, 0.15) is 0 Å². The van der Waals surface area contributed by atoms with Crippen molar-refractivity contribution in [1.29, 1.82) is 5.26 Å². The zero-order chi connectivity index (χ0) is 12.6. The quantitative estimate of drug-likeness (QED) is 0.462. The van der Waals surface area contributed by atoms with Crippen molar-refractivity contribution >= 4 is 5.78 Å². The van der Waals surface area contributed by atoms with Crippen LogP contribution in [0.4, 0.5) is 0 Å². The van der Waals surface area contributed by atoms with Crippen molar-refractivity contribution in [3.05, 3.63) is 0 Å². The third-order valence-corrected chi connectivity index (χ3v) is 3.72. The normalized spacial score (nSPS) is 33.0. The van der Waals surface area contributed by atoms with Crippen molar-refractivity contribution in [1.82, 2.24) is 0 Å². The van der Waals surface area contributed by atoms with Gasteiger partial charge in [-0.15, -0.1) is 0 Å². The molecule has 0 unspecified atom stereocenters. The maximum absolute atomic E-state index is 11.7. The van der Waals surface area contributed by atoms with Crippen molar-refractivity contribution in [2.24, 2.45) is 16.2 Å². The van der Waals surface area contributed by atoms with Crippen LogP contribution < -0.4 is 0 Å². The highest BCUT2D eigenvalue weighted by atomic mass is 16.1. The molecule has 0 amide bonds. The molecule has 2 nitrogen and oxygen atoms in total. The van der Waals surface area contributed by atoms with Gasteiger partial charge in [-0.05, 0) is 32.6 Å². The van der Waals surface area contributed by atoms with E-state index in [1.54, 1.807) is 0 Å². The summed E-state index contributed by atoms with van der Waals surface area (Å²) in [5, 5.41) is 9.10. The van der Waals surface area contributed by atoms with Crippen molar-refractivity contribution in [3.63, 3.8) is 0 Å². The number of hydrogen-bond donors (Lipinski definition) is 0. The molecule has 0 bridgehead atoms. The van der Waals surface area contributed by atoms with E-state index in [-0.39, 0.29) is 11.2 Å². The number of hydrogen-bond acceptors (Lipinski definition) is 2. The van der Waals surface area contributed by atoms with E-state index in [2.05, 4.69) is 17.9 Å². The van der Waals surface area contributed by atoms with E-state index in [0.717, 1.165) is 12.8 Å². The van der Waals surface area contributed by atoms with Crippen LogP contribution in [0.2, 0.25) is 0 Å². The fraction of sp³-hybridized carbons (Fsp3) is 0.714. The molecule has 0 aliphatic heterocycles. The molecule has 1 fully saturated rings. The summed E-state index contributed by atoms with van der Waals surface area (Å²) in [6.45, 7) is 9.47. The molecule has 1 saturated carbocycles. The molecule has 2 atom stereocenters. The summed E-state index contributed by atoms with van der Waals surface area (Å²) >= 11 is 0. The molecule has 0 aromatic carbocycles. The van der Waals surface area contributed by atoms with E-state index in [0.29, 0.717) is 0 Å². The van der Waals surface area contributed by atoms with Gasteiger partial charge in [-0.1, -0.05) is 26.7 Å². The molecule has 0 heterocycles. The van der Waals surface area contributed by atoms with Crippen LogP contribution in [-0.4, -0.2) is 5.78 Å². The monoisotopic (exact) mass is 217 g/mol. The Hall–Kier alpha value is -1.28. The first kappa shape index (κ1) is 12.8. The lowest BCUT2D eigenvalue weighted by Crippen LogP contribution is -2.45. The van der Waals surface area contributed by atoms with Gasteiger partial charge in [0, 0.05) is 10.8 Å². The molecule has 0 saturated heterocycles. The Morgan fingerprint density at radius 2 is 1.69 bits per heavy atom. The Labute approximate surface area is 98.0 Å². The molecule has 0 N–H and O–H groups in total. The number of Topliss-reactive ketones (excluding diaryl/α,β-unsaturated/α-hetero) is 1. The predicted octanol–water partition coefficient (Wildman–Crippen LogP) is 2.93. The second-order valence-corrected chi connectivity index (χ2v) is 6.11. The molecule has 86 valence electrons. The van der Waals surface area contributed by atoms with E-state index < -0.39 is 10.8 Å². The average Bonchev–Trinajstić information content (AvgIpc) is 2.21. The van der Waals surface area contributed by atoms with Crippen LogP contribution in [0.15, 0.2) is 0 Å². The van der Waals surface area contributed by atoms with E-state index in [1.807, 2.05) is 34.6 Å². The largest absolute Gasteiger partial charge is 0.284 e. The second-order valence-electron chi connectivity index (χ2n) is 6.11. The zero-order valence-electron chi connectivity index (χ0n) is 10.8. The summed E-state index contributed by atoms with van der Waals surface area (Å²) in [5.74, 6) is 5.68. The minimum absolute atomic E-state index is 0.0547. The Morgan fingerprint density at radius 3 is 2.00 bits per heavy atom. The second kappa shape index (κ2) is 3.63. The summed E-state index contributed by atoms with van der Waals surface area (Å²) in [6.07, 6.45) is 1.78. The first-order valence-corrected chi connectivity index (χ1v) is 5.63. The molecule has 1 aliphatic carbocycles. The Balaban J connectivity index is 2.89. The van der Waals surface area contributed by atoms with Crippen molar-refractivity contribution < 1.29 is 4.79 Å². The molecule has 0 aromatic rings. The third-order valence-electron chi connectivity index (χ3n) is 3.72. The zero-order valence-corrected chi connectivity index (χ0v) is 10.8. The van der Waals surface area contributed by atoms with Crippen LogP contribution in [0.5, 0.6) is 0 Å². The molecule has 2 heteroatoms. The lowest BCUT2D eigenvalue weighted by atomic mass is 9.52. The van der Waals surface area contributed by atoms with Crippen molar-refractivity contribution in [2.45, 2.75) is 47.5 Å².